The number of ether oxygens (including phenoxy) is 4. The van der Waals surface area contributed by atoms with Crippen LogP contribution in [0, 0.1) is 68.0 Å². The molecule has 12 nitrogen and oxygen atoms in total. The first-order chi connectivity index (χ1) is 25.5. The summed E-state index contributed by atoms with van der Waals surface area (Å²) < 4.78 is 24.8. The molecular formula is C43H52O12. The molecule has 16 atom stereocenters. The van der Waals surface area contributed by atoms with Crippen LogP contribution in [-0.4, -0.2) is 98.6 Å². The molecule has 5 saturated heterocycles. The second-order valence-corrected chi connectivity index (χ2v) is 20.3. The van der Waals surface area contributed by atoms with Crippen molar-refractivity contribution in [3.8, 4) is 0 Å². The van der Waals surface area contributed by atoms with Gasteiger partial charge in [0.1, 0.15) is 23.0 Å². The SMILES string of the molecule is C=C1C(=O)[C@@]23[C@@H]4OC(C)(C)O[C@@]25OC[C@]2(C(=O)C=CC(C)(C)[C@H]2[C@@H]5O)[C@@H]3CC[C@@H]14.C=C1C(=O)[C@]23[C@H](O)[C@H]1CC[C@H]2[C@@]12CO[C@@]3(O)[C@@H](O)[C@@H]1C(C)(C)C=CC2=O. The molecule has 0 unspecified atom stereocenters. The van der Waals surface area contributed by atoms with Crippen LogP contribution in [0.25, 0.3) is 0 Å². The summed E-state index contributed by atoms with van der Waals surface area (Å²) in [5, 5.41) is 45.7. The maximum absolute atomic E-state index is 13.9. The van der Waals surface area contributed by atoms with Crippen LogP contribution in [0.5, 0.6) is 0 Å². The van der Waals surface area contributed by atoms with Gasteiger partial charge < -0.3 is 39.4 Å². The fourth-order valence-corrected chi connectivity index (χ4v) is 15.5. The Labute approximate surface area is 320 Å². The maximum Gasteiger partial charge on any atom is 0.213 e. The number of aliphatic hydroxyl groups excluding tert-OH is 3. The summed E-state index contributed by atoms with van der Waals surface area (Å²) in [5.41, 5.74) is -5.26. The van der Waals surface area contributed by atoms with Gasteiger partial charge in [0.15, 0.2) is 28.9 Å². The Morgan fingerprint density at radius 1 is 0.655 bits per heavy atom. The Morgan fingerprint density at radius 3 is 1.75 bits per heavy atom. The minimum atomic E-state index is -2.22. The summed E-state index contributed by atoms with van der Waals surface area (Å²) in [6, 6.07) is 0. The summed E-state index contributed by atoms with van der Waals surface area (Å²) in [6.45, 7) is 19.6. The first-order valence-electron chi connectivity index (χ1n) is 19.9. The van der Waals surface area contributed by atoms with Crippen LogP contribution in [0.15, 0.2) is 48.6 Å². The van der Waals surface area contributed by atoms with Crippen molar-refractivity contribution in [2.45, 2.75) is 109 Å². The van der Waals surface area contributed by atoms with Crippen LogP contribution in [0.1, 0.15) is 67.2 Å². The molecule has 4 N–H and O–H groups in total. The number of rotatable bonds is 0. The highest BCUT2D eigenvalue weighted by Gasteiger charge is 2.90. The highest BCUT2D eigenvalue weighted by atomic mass is 16.8. The van der Waals surface area contributed by atoms with Crippen molar-refractivity contribution in [1.29, 1.82) is 0 Å². The Balaban J connectivity index is 0.000000136. The fourth-order valence-electron chi connectivity index (χ4n) is 15.5. The van der Waals surface area contributed by atoms with Gasteiger partial charge in [-0.25, -0.2) is 0 Å². The minimum Gasteiger partial charge on any atom is -0.391 e. The van der Waals surface area contributed by atoms with Gasteiger partial charge in [0, 0.05) is 23.7 Å². The third-order valence-corrected chi connectivity index (χ3v) is 17.2. The lowest BCUT2D eigenvalue weighted by atomic mass is 9.36. The maximum atomic E-state index is 13.9. The van der Waals surface area contributed by atoms with Crippen LogP contribution in [0.4, 0.5) is 0 Å². The van der Waals surface area contributed by atoms with Gasteiger partial charge >= 0.3 is 0 Å². The van der Waals surface area contributed by atoms with Crippen LogP contribution in [0.3, 0.4) is 0 Å². The largest absolute Gasteiger partial charge is 0.391 e. The number of aliphatic hydroxyl groups is 4. The van der Waals surface area contributed by atoms with Crippen molar-refractivity contribution in [2.24, 2.45) is 68.0 Å². The zero-order valence-electron chi connectivity index (χ0n) is 32.3. The van der Waals surface area contributed by atoms with Crippen molar-refractivity contribution in [3.05, 3.63) is 48.6 Å². The monoisotopic (exact) mass is 760 g/mol. The number of carbonyl (C=O) groups is 4. The van der Waals surface area contributed by atoms with Gasteiger partial charge in [-0.1, -0.05) is 53.0 Å². The highest BCUT2D eigenvalue weighted by Crippen LogP contribution is 2.79. The molecule has 6 saturated carbocycles. The van der Waals surface area contributed by atoms with Gasteiger partial charge in [-0.15, -0.1) is 0 Å². The molecule has 8 bridgehead atoms. The molecule has 5 spiro atoms. The molecule has 11 fully saturated rings. The quantitative estimate of drug-likeness (QED) is 0.265. The average molecular weight is 761 g/mol. The topological polar surface area (TPSA) is 186 Å². The van der Waals surface area contributed by atoms with E-state index in [1.54, 1.807) is 26.0 Å². The Kier molecular flexibility index (Phi) is 6.74. The van der Waals surface area contributed by atoms with Crippen LogP contribution < -0.4 is 0 Å². The van der Waals surface area contributed by atoms with Gasteiger partial charge in [-0.3, -0.25) is 19.2 Å². The lowest BCUT2D eigenvalue weighted by Crippen LogP contribution is -2.88. The molecular weight excluding hydrogens is 708 g/mol. The van der Waals surface area contributed by atoms with E-state index in [0.29, 0.717) is 24.8 Å². The van der Waals surface area contributed by atoms with Crippen molar-refractivity contribution >= 4 is 23.1 Å². The molecule has 5 aliphatic heterocycles. The van der Waals surface area contributed by atoms with E-state index in [-0.39, 0.29) is 48.0 Å². The average Bonchev–Trinajstić information content (AvgIpc) is 3.28. The number of allylic oxidation sites excluding steroid dienone is 4. The molecule has 55 heavy (non-hydrogen) atoms. The molecule has 296 valence electrons. The lowest BCUT2D eigenvalue weighted by Gasteiger charge is -2.75. The van der Waals surface area contributed by atoms with E-state index in [4.69, 9.17) is 18.9 Å². The summed E-state index contributed by atoms with van der Waals surface area (Å²) >= 11 is 0. The fraction of sp³-hybridized carbons (Fsp3) is 0.721. The molecule has 0 aromatic heterocycles. The van der Waals surface area contributed by atoms with E-state index in [0.717, 1.165) is 6.42 Å². The predicted molar refractivity (Wildman–Crippen MR) is 191 cm³/mol. The van der Waals surface area contributed by atoms with Crippen molar-refractivity contribution in [1.82, 2.24) is 0 Å². The predicted octanol–water partition coefficient (Wildman–Crippen LogP) is 2.52. The van der Waals surface area contributed by atoms with E-state index in [1.165, 1.54) is 6.08 Å². The van der Waals surface area contributed by atoms with E-state index in [9.17, 15) is 39.6 Å². The first kappa shape index (κ1) is 36.6. The molecule has 13 aliphatic rings. The van der Waals surface area contributed by atoms with Gasteiger partial charge in [0.2, 0.25) is 11.6 Å². The number of hydrogen-bond donors (Lipinski definition) is 4. The van der Waals surface area contributed by atoms with Crippen LogP contribution in [-0.2, 0) is 38.1 Å². The zero-order valence-corrected chi connectivity index (χ0v) is 32.3. The summed E-state index contributed by atoms with van der Waals surface area (Å²) in [6.07, 6.45) is 5.00. The highest BCUT2D eigenvalue weighted by molar-refractivity contribution is 6.08. The number of hydrogen-bond acceptors (Lipinski definition) is 12. The summed E-state index contributed by atoms with van der Waals surface area (Å²) in [5.74, 6) is -8.12. The molecule has 0 aromatic rings. The van der Waals surface area contributed by atoms with Crippen molar-refractivity contribution in [2.75, 3.05) is 13.2 Å². The van der Waals surface area contributed by atoms with Crippen LogP contribution in [0.2, 0.25) is 0 Å². The molecule has 5 heterocycles. The summed E-state index contributed by atoms with van der Waals surface area (Å²) in [4.78, 5) is 53.8. The number of Topliss-reactive ketones (excluding diaryl/α,β-unsaturated/α-hetero) is 2. The van der Waals surface area contributed by atoms with E-state index >= 15 is 0 Å². The van der Waals surface area contributed by atoms with Crippen molar-refractivity contribution in [3.63, 3.8) is 0 Å². The smallest absolute Gasteiger partial charge is 0.213 e. The Bertz CT molecular complexity index is 1990. The third-order valence-electron chi connectivity index (χ3n) is 17.2. The Hall–Kier alpha value is -2.68. The van der Waals surface area contributed by atoms with Gasteiger partial charge in [-0.05, 0) is 85.5 Å². The standard InChI is InChI=1S/C23H28O6.C20H24O6/c1-11-12-6-7-13-21-10-27-23(17(26)15(21)19(2,3)9-8-14(21)24)22(13,16(11)25)18(12)28-20(4,5)29-23;1-9-10-4-5-11-18-8-26-20(25,19(11,14(9)22)15(10)23)16(24)13(18)17(2,3)7-6-12(18)21/h8-9,12-13,15,17-18,26H,1,6-7,10H2,2-5H3;6-7,10-11,13,15-16,23-25H,1,4-5,8H2,2-3H3/t12-,13-,15+,17-,18+,21+,22-,23+;10-,11-,13+,15+,16-,18+,19-,20-/m00/s1. The third kappa shape index (κ3) is 3.45. The molecule has 0 amide bonds. The second-order valence-electron chi connectivity index (χ2n) is 20.3. The second kappa shape index (κ2) is 10.1. The normalized spacial score (nSPS) is 56.0. The van der Waals surface area contributed by atoms with Gasteiger partial charge in [0.25, 0.3) is 0 Å². The zero-order chi connectivity index (χ0) is 39.6. The molecule has 8 aliphatic carbocycles. The summed E-state index contributed by atoms with van der Waals surface area (Å²) in [7, 11) is 0. The number of fused-ring (bicyclic) bond motifs is 3. The van der Waals surface area contributed by atoms with E-state index < -0.39 is 104 Å². The minimum absolute atomic E-state index is 0.0542. The number of ketones is 4. The van der Waals surface area contributed by atoms with Gasteiger partial charge in [0.05, 0.1) is 36.3 Å². The molecule has 0 aromatic carbocycles. The molecule has 0 radical (unpaired) electrons. The lowest BCUT2D eigenvalue weighted by molar-refractivity contribution is -0.521. The molecule has 12 heteroatoms. The Morgan fingerprint density at radius 2 is 1.15 bits per heavy atom. The van der Waals surface area contributed by atoms with E-state index in [1.807, 2.05) is 33.8 Å². The molecule has 13 rings (SSSR count). The van der Waals surface area contributed by atoms with E-state index in [2.05, 4.69) is 13.2 Å². The van der Waals surface area contributed by atoms with Gasteiger partial charge in [-0.2, -0.15) is 0 Å². The van der Waals surface area contributed by atoms with Crippen LogP contribution >= 0.6 is 0 Å². The number of carbonyl (C=O) groups excluding carboxylic acids is 4. The van der Waals surface area contributed by atoms with Crippen molar-refractivity contribution < 1.29 is 58.6 Å². The first-order valence-corrected chi connectivity index (χ1v) is 19.9.